The normalized spacial score (nSPS) is 13.1. The number of thiophene rings is 1. The lowest BCUT2D eigenvalue weighted by atomic mass is 9.70. The Bertz CT molecular complexity index is 3810. The molecule has 2 aromatic heterocycles. The number of hydrogen-bond donors (Lipinski definition) is 0. The number of benzene rings is 10. The molecule has 0 aliphatic heterocycles. The van der Waals surface area contributed by atoms with E-state index in [0.717, 1.165) is 17.1 Å². The summed E-state index contributed by atoms with van der Waals surface area (Å²) in [6.45, 7) is 0. The summed E-state index contributed by atoms with van der Waals surface area (Å²) < 4.78 is 5.10. The average Bonchev–Trinajstić information content (AvgIpc) is 4.08. The number of nitrogens with zero attached hydrogens (tertiary/aromatic N) is 2. The number of hydrogen-bond acceptors (Lipinski definition) is 2. The van der Waals surface area contributed by atoms with Gasteiger partial charge in [-0.15, -0.1) is 11.3 Å². The number of rotatable bonds is 5. The van der Waals surface area contributed by atoms with Crippen LogP contribution < -0.4 is 4.90 Å². The third-order valence-electron chi connectivity index (χ3n) is 14.0. The standard InChI is InChI=1S/C61H38N2S/c1-2-17-40(18-3-1)62(41-34-35-46-45-22-6-12-28-53(45)61(54(46)38-41)51-26-10-4-20-43(51)44-21-5-11-27-52(44)61)55-29-13-7-19-42(55)39-33-36-57-50(37-39)47-23-8-14-30-56(47)63(57)58-31-16-25-49-48-24-9-15-32-59(48)64-60(49)58/h1-38H. The van der Waals surface area contributed by atoms with Gasteiger partial charge in [0.05, 0.1) is 32.5 Å². The fourth-order valence-electron chi connectivity index (χ4n) is 11.4. The smallest absolute Gasteiger partial charge is 0.0726 e. The van der Waals surface area contributed by atoms with Crippen LogP contribution in [0.15, 0.2) is 231 Å². The van der Waals surface area contributed by atoms with E-state index in [1.165, 1.54) is 103 Å². The third kappa shape index (κ3) is 4.79. The summed E-state index contributed by atoms with van der Waals surface area (Å²) in [4.78, 5) is 2.47. The van der Waals surface area contributed by atoms with Gasteiger partial charge in [0.1, 0.15) is 0 Å². The van der Waals surface area contributed by atoms with Crippen LogP contribution in [0, 0.1) is 0 Å². The molecule has 0 unspecified atom stereocenters. The quantitative estimate of drug-likeness (QED) is 0.168. The SMILES string of the molecule is c1ccc(N(c2ccc3c(c2)C2(c4ccccc4-c4ccccc42)c2ccccc2-3)c2ccccc2-c2ccc3c(c2)c2ccccc2n3-c2cccc3c2sc2ccccc23)cc1. The molecule has 2 nitrogen and oxygen atoms in total. The van der Waals surface area contributed by atoms with Gasteiger partial charge in [0.2, 0.25) is 0 Å². The van der Waals surface area contributed by atoms with Gasteiger partial charge in [0.15, 0.2) is 0 Å². The van der Waals surface area contributed by atoms with Gasteiger partial charge in [-0.3, -0.25) is 0 Å². The van der Waals surface area contributed by atoms with Gasteiger partial charge < -0.3 is 9.47 Å². The first-order chi connectivity index (χ1) is 31.8. The van der Waals surface area contributed by atoms with E-state index < -0.39 is 5.41 Å². The monoisotopic (exact) mass is 830 g/mol. The van der Waals surface area contributed by atoms with Crippen LogP contribution >= 0.6 is 11.3 Å². The van der Waals surface area contributed by atoms with E-state index in [-0.39, 0.29) is 0 Å². The van der Waals surface area contributed by atoms with Crippen LogP contribution in [0.25, 0.3) is 81.0 Å². The molecule has 10 aromatic carbocycles. The molecule has 2 heterocycles. The van der Waals surface area contributed by atoms with Crippen molar-refractivity contribution in [3.8, 4) is 39.1 Å². The lowest BCUT2D eigenvalue weighted by Gasteiger charge is -2.32. The summed E-state index contributed by atoms with van der Waals surface area (Å²) in [7, 11) is 0. The zero-order chi connectivity index (χ0) is 41.9. The Morgan fingerprint density at radius 3 is 1.69 bits per heavy atom. The lowest BCUT2D eigenvalue weighted by Crippen LogP contribution is -2.26. The highest BCUT2D eigenvalue weighted by Crippen LogP contribution is 2.63. The second-order valence-electron chi connectivity index (χ2n) is 17.1. The van der Waals surface area contributed by atoms with Crippen LogP contribution in [0.3, 0.4) is 0 Å². The van der Waals surface area contributed by atoms with E-state index >= 15 is 0 Å². The minimum absolute atomic E-state index is 0.434. The van der Waals surface area contributed by atoms with Gasteiger partial charge >= 0.3 is 0 Å². The van der Waals surface area contributed by atoms with Crippen molar-refractivity contribution in [1.82, 2.24) is 4.57 Å². The predicted molar refractivity (Wildman–Crippen MR) is 270 cm³/mol. The molecule has 0 atom stereocenters. The van der Waals surface area contributed by atoms with Gasteiger partial charge in [-0.2, -0.15) is 0 Å². The fourth-order valence-corrected chi connectivity index (χ4v) is 12.7. The molecular weight excluding hydrogens is 793 g/mol. The molecule has 0 saturated heterocycles. The number of aromatic nitrogens is 1. The summed E-state index contributed by atoms with van der Waals surface area (Å²) >= 11 is 1.88. The maximum atomic E-state index is 2.49. The van der Waals surface area contributed by atoms with E-state index in [0.29, 0.717) is 0 Å². The van der Waals surface area contributed by atoms with E-state index in [4.69, 9.17) is 0 Å². The Labute approximate surface area is 375 Å². The van der Waals surface area contributed by atoms with Crippen LogP contribution in [0.4, 0.5) is 17.1 Å². The van der Waals surface area contributed by atoms with Crippen molar-refractivity contribution in [2.24, 2.45) is 0 Å². The molecule has 0 amide bonds. The van der Waals surface area contributed by atoms with Crippen LogP contribution in [0.5, 0.6) is 0 Å². The first-order valence-electron chi connectivity index (χ1n) is 22.1. The Morgan fingerprint density at radius 1 is 0.359 bits per heavy atom. The topological polar surface area (TPSA) is 8.17 Å². The molecule has 64 heavy (non-hydrogen) atoms. The summed E-state index contributed by atoms with van der Waals surface area (Å²) in [5, 5.41) is 5.10. The van der Waals surface area contributed by atoms with Crippen molar-refractivity contribution in [2.45, 2.75) is 5.41 Å². The van der Waals surface area contributed by atoms with Crippen molar-refractivity contribution in [3.05, 3.63) is 253 Å². The first-order valence-corrected chi connectivity index (χ1v) is 22.9. The number of para-hydroxylation sites is 3. The van der Waals surface area contributed by atoms with Crippen molar-refractivity contribution in [1.29, 1.82) is 0 Å². The predicted octanol–water partition coefficient (Wildman–Crippen LogP) is 16.6. The van der Waals surface area contributed by atoms with E-state index in [9.17, 15) is 0 Å². The second-order valence-corrected chi connectivity index (χ2v) is 18.2. The molecule has 2 aliphatic carbocycles. The summed E-state index contributed by atoms with van der Waals surface area (Å²) in [6, 6.07) is 85.7. The van der Waals surface area contributed by atoms with E-state index in [2.05, 4.69) is 240 Å². The second kappa shape index (κ2) is 13.5. The molecule has 1 spiro atoms. The van der Waals surface area contributed by atoms with Crippen LogP contribution in [0.1, 0.15) is 22.3 Å². The summed E-state index contributed by atoms with van der Waals surface area (Å²) in [5.74, 6) is 0. The highest BCUT2D eigenvalue weighted by molar-refractivity contribution is 7.26. The highest BCUT2D eigenvalue weighted by atomic mass is 32.1. The van der Waals surface area contributed by atoms with Crippen LogP contribution in [-0.4, -0.2) is 4.57 Å². The molecule has 0 bridgehead atoms. The van der Waals surface area contributed by atoms with Gasteiger partial charge in [-0.05, 0) is 111 Å². The lowest BCUT2D eigenvalue weighted by molar-refractivity contribution is 0.793. The van der Waals surface area contributed by atoms with Crippen molar-refractivity contribution < 1.29 is 0 Å². The van der Waals surface area contributed by atoms with Crippen LogP contribution in [0.2, 0.25) is 0 Å². The largest absolute Gasteiger partial charge is 0.310 e. The van der Waals surface area contributed by atoms with E-state index in [1.807, 2.05) is 11.3 Å². The van der Waals surface area contributed by atoms with Crippen molar-refractivity contribution in [2.75, 3.05) is 4.90 Å². The van der Waals surface area contributed by atoms with Gasteiger partial charge in [0, 0.05) is 43.2 Å². The molecule has 3 heteroatoms. The Morgan fingerprint density at radius 2 is 0.938 bits per heavy atom. The molecule has 0 saturated carbocycles. The average molecular weight is 831 g/mol. The Kier molecular flexibility index (Phi) is 7.51. The molecule has 0 radical (unpaired) electrons. The Hall–Kier alpha value is -7.98. The van der Waals surface area contributed by atoms with Gasteiger partial charge in [-0.25, -0.2) is 0 Å². The number of fused-ring (bicyclic) bond motifs is 16. The molecule has 12 aromatic rings. The van der Waals surface area contributed by atoms with Crippen molar-refractivity contribution >= 4 is 70.4 Å². The van der Waals surface area contributed by atoms with Gasteiger partial charge in [-0.1, -0.05) is 170 Å². The Balaban J connectivity index is 0.978. The zero-order valence-electron chi connectivity index (χ0n) is 34.7. The third-order valence-corrected chi connectivity index (χ3v) is 15.2. The molecule has 0 fully saturated rings. The fraction of sp³-hybridized carbons (Fsp3) is 0.0164. The molecular formula is C61H38N2S. The minimum atomic E-state index is -0.434. The minimum Gasteiger partial charge on any atom is -0.310 e. The molecule has 0 N–H and O–H groups in total. The van der Waals surface area contributed by atoms with Crippen molar-refractivity contribution in [3.63, 3.8) is 0 Å². The highest BCUT2D eigenvalue weighted by Gasteiger charge is 2.51. The summed E-state index contributed by atoms with van der Waals surface area (Å²) in [6.07, 6.45) is 0. The molecule has 14 rings (SSSR count). The van der Waals surface area contributed by atoms with Gasteiger partial charge in [0.25, 0.3) is 0 Å². The zero-order valence-corrected chi connectivity index (χ0v) is 35.6. The number of anilines is 3. The molecule has 2 aliphatic rings. The maximum Gasteiger partial charge on any atom is 0.0726 e. The maximum absolute atomic E-state index is 2.49. The van der Waals surface area contributed by atoms with Crippen LogP contribution in [-0.2, 0) is 5.41 Å². The summed E-state index contributed by atoms with van der Waals surface area (Å²) in [5.41, 5.74) is 19.5. The molecule has 298 valence electrons. The van der Waals surface area contributed by atoms with E-state index in [1.54, 1.807) is 0 Å². The first kappa shape index (κ1) is 35.6.